The van der Waals surface area contributed by atoms with Gasteiger partial charge in [0.15, 0.2) is 5.03 Å². The Morgan fingerprint density at radius 3 is 1.50 bits per heavy atom. The molecule has 0 unspecified atom stereocenters. The molecule has 0 aromatic carbocycles. The molecule has 0 saturated carbocycles. The smallest absolute Gasteiger partial charge is 0.475 e. The van der Waals surface area contributed by atoms with Crippen LogP contribution in [0.1, 0.15) is 12.8 Å². The van der Waals surface area contributed by atoms with Crippen LogP contribution in [0.15, 0.2) is 4.99 Å². The largest absolute Gasteiger partial charge is 0.490 e. The number of aliphatic imine (C=N–C) groups is 1. The van der Waals surface area contributed by atoms with Crippen molar-refractivity contribution in [1.82, 2.24) is 10.7 Å². The number of nitrogens with zero attached hydrogens (tertiary/aromatic N) is 2. The van der Waals surface area contributed by atoms with E-state index in [1.165, 1.54) is 0 Å². The second-order valence-corrected chi connectivity index (χ2v) is 5.94. The number of nitrogens with one attached hydrogen (secondary N) is 2. The summed E-state index contributed by atoms with van der Waals surface area (Å²) in [6, 6.07) is 0.0291. The maximum atomic E-state index is 10.6. The van der Waals surface area contributed by atoms with Gasteiger partial charge in [-0.3, -0.25) is 0 Å². The number of carbonyl (C=O) groups is 3. The predicted octanol–water partition coefficient (Wildman–Crippen LogP) is -0.362. The Labute approximate surface area is 205 Å². The van der Waals surface area contributed by atoms with Crippen LogP contribution in [0.3, 0.4) is 0 Å². The van der Waals surface area contributed by atoms with Gasteiger partial charge in [-0.1, -0.05) is 5.43 Å². The number of nitrogens with two attached hydrogens (primary N) is 3. The van der Waals surface area contributed by atoms with Crippen molar-refractivity contribution in [3.05, 3.63) is 10.1 Å². The molecule has 0 fully saturated rings. The first-order valence-corrected chi connectivity index (χ1v) is 9.17. The molecule has 1 atom stereocenters. The number of carboxylic acids is 3. The maximum absolute atomic E-state index is 10.6. The first kappa shape index (κ1) is 41.5. The third-order valence-corrected chi connectivity index (χ3v) is 2.68. The Morgan fingerprint density at radius 1 is 0.895 bits per heavy atom. The fourth-order valence-corrected chi connectivity index (χ4v) is 1.17. The molecule has 0 bridgehead atoms. The molecule has 0 aromatic heterocycles. The summed E-state index contributed by atoms with van der Waals surface area (Å²) in [6.07, 6.45) is -13.8. The highest BCUT2D eigenvalue weighted by molar-refractivity contribution is 5.76. The number of hydrazine groups is 1. The topological polar surface area (TPSA) is 270 Å². The lowest BCUT2D eigenvalue weighted by Gasteiger charge is -2.11. The van der Waals surface area contributed by atoms with Crippen molar-refractivity contribution in [2.24, 2.45) is 22.2 Å². The predicted molar refractivity (Wildman–Crippen MR) is 107 cm³/mol. The van der Waals surface area contributed by atoms with Crippen molar-refractivity contribution >= 4 is 23.9 Å². The van der Waals surface area contributed by atoms with Gasteiger partial charge in [-0.25, -0.2) is 29.5 Å². The lowest BCUT2D eigenvalue weighted by molar-refractivity contribution is -0.525. The van der Waals surface area contributed by atoms with E-state index in [2.05, 4.69) is 10.3 Å². The number of rotatable bonds is 9. The van der Waals surface area contributed by atoms with Gasteiger partial charge < -0.3 is 37.8 Å². The van der Waals surface area contributed by atoms with Crippen LogP contribution >= 0.6 is 0 Å². The highest BCUT2D eigenvalue weighted by Gasteiger charge is 2.39. The van der Waals surface area contributed by atoms with Crippen LogP contribution in [0.5, 0.6) is 0 Å². The molecule has 24 heteroatoms. The van der Waals surface area contributed by atoms with E-state index in [9.17, 15) is 49.6 Å². The Hall–Kier alpha value is -3.67. The summed E-state index contributed by atoms with van der Waals surface area (Å²) in [4.78, 5) is 40.5. The van der Waals surface area contributed by atoms with Crippen LogP contribution in [0, 0.1) is 10.1 Å². The molecule has 15 nitrogen and oxygen atoms in total. The van der Waals surface area contributed by atoms with E-state index in [0.29, 0.717) is 19.6 Å². The lowest BCUT2D eigenvalue weighted by atomic mass is 10.1. The molecule has 0 aliphatic rings. The number of nitro groups is 1. The summed E-state index contributed by atoms with van der Waals surface area (Å²) in [5, 5.41) is 33.7. The van der Waals surface area contributed by atoms with Crippen molar-refractivity contribution in [2.75, 3.05) is 26.2 Å². The molecular formula is C14H24F9N7O8. The molecule has 11 N–H and O–H groups in total. The second kappa shape index (κ2) is 20.4. The Balaban J connectivity index is -0.000000228. The molecule has 0 amide bonds. The van der Waals surface area contributed by atoms with Crippen molar-refractivity contribution in [2.45, 2.75) is 37.4 Å². The molecular weight excluding hydrogens is 565 g/mol. The number of hydrogen-bond acceptors (Lipinski definition) is 9. The summed E-state index contributed by atoms with van der Waals surface area (Å²) in [7, 11) is 0. The summed E-state index contributed by atoms with van der Waals surface area (Å²) in [6.45, 7) is 2.44. The van der Waals surface area contributed by atoms with Gasteiger partial charge >= 0.3 is 36.4 Å². The molecule has 0 heterocycles. The van der Waals surface area contributed by atoms with E-state index in [4.69, 9.17) is 46.9 Å². The first-order chi connectivity index (χ1) is 16.9. The fourth-order valence-electron chi connectivity index (χ4n) is 1.17. The third kappa shape index (κ3) is 34.5. The van der Waals surface area contributed by atoms with Gasteiger partial charge in [0.05, 0.1) is 0 Å². The molecule has 0 radical (unpaired) electrons. The van der Waals surface area contributed by atoms with Crippen molar-refractivity contribution in [3.63, 3.8) is 0 Å². The standard InChI is InChI=1S/C8H21N7O2.3C2HF3O2/c9-3-5-12-6-7(10)2-1-4-13-8(11)14-15(16)17;3*3-2(4,5)1(6)7/h7,12H,1-6,9-10H2,(H3,11,13,14);3*(H,6,7)/t7-;;;/m0.../s1. The minimum Gasteiger partial charge on any atom is -0.475 e. The Kier molecular flexibility index (Phi) is 22.3. The van der Waals surface area contributed by atoms with Gasteiger partial charge in [-0.05, 0) is 12.8 Å². The maximum Gasteiger partial charge on any atom is 0.490 e. The van der Waals surface area contributed by atoms with Crippen molar-refractivity contribution < 1.29 is 74.2 Å². The summed E-state index contributed by atoms with van der Waals surface area (Å²) in [5.74, 6) is -8.46. The monoisotopic (exact) mass is 589 g/mol. The lowest BCUT2D eigenvalue weighted by Crippen LogP contribution is -2.37. The van der Waals surface area contributed by atoms with E-state index in [1.807, 2.05) is 0 Å². The molecule has 0 saturated heterocycles. The van der Waals surface area contributed by atoms with Gasteiger partial charge in [-0.15, -0.1) is 0 Å². The number of carboxylic acid groups (broad SMARTS) is 3. The van der Waals surface area contributed by atoms with E-state index in [1.54, 1.807) is 5.43 Å². The second-order valence-electron chi connectivity index (χ2n) is 5.94. The number of hydrogen-bond donors (Lipinski definition) is 8. The van der Waals surface area contributed by atoms with E-state index < -0.39 is 41.5 Å². The minimum atomic E-state index is -5.08. The van der Waals surface area contributed by atoms with Crippen LogP contribution in [0.2, 0.25) is 0 Å². The Bertz CT molecular complexity index is 690. The zero-order valence-corrected chi connectivity index (χ0v) is 18.7. The quantitative estimate of drug-likeness (QED) is 0.0427. The van der Waals surface area contributed by atoms with E-state index >= 15 is 0 Å². The average Bonchev–Trinajstić information content (AvgIpc) is 2.70. The molecule has 226 valence electrons. The molecule has 0 aliphatic heterocycles. The number of halogens is 9. The minimum absolute atomic E-state index is 0.0291. The molecule has 38 heavy (non-hydrogen) atoms. The number of alkyl halides is 9. The highest BCUT2D eigenvalue weighted by Crippen LogP contribution is 2.14. The average molecular weight is 589 g/mol. The molecule has 0 rings (SSSR count). The highest BCUT2D eigenvalue weighted by atomic mass is 19.4. The van der Waals surface area contributed by atoms with Crippen LogP contribution in [0.25, 0.3) is 0 Å². The van der Waals surface area contributed by atoms with Crippen LogP contribution < -0.4 is 27.9 Å². The number of aliphatic carboxylic acids is 3. The van der Waals surface area contributed by atoms with Crippen molar-refractivity contribution in [1.29, 1.82) is 0 Å². The fraction of sp³-hybridized carbons (Fsp3) is 0.714. The van der Waals surface area contributed by atoms with Gasteiger partial charge in [-0.2, -0.15) is 39.5 Å². The summed E-state index contributed by atoms with van der Waals surface area (Å²) in [5.41, 5.74) is 18.1. The Morgan fingerprint density at radius 2 is 1.24 bits per heavy atom. The van der Waals surface area contributed by atoms with Gasteiger partial charge in [0.2, 0.25) is 0 Å². The third-order valence-electron chi connectivity index (χ3n) is 2.68. The van der Waals surface area contributed by atoms with Crippen molar-refractivity contribution in [3.8, 4) is 0 Å². The van der Waals surface area contributed by atoms with Crippen LogP contribution in [-0.4, -0.2) is 95.0 Å². The molecule has 0 aromatic rings. The summed E-state index contributed by atoms with van der Waals surface area (Å²) < 4.78 is 95.2. The van der Waals surface area contributed by atoms with Crippen LogP contribution in [0.4, 0.5) is 39.5 Å². The van der Waals surface area contributed by atoms with Crippen LogP contribution in [-0.2, 0) is 14.4 Å². The molecule has 0 spiro atoms. The van der Waals surface area contributed by atoms with E-state index in [0.717, 1.165) is 19.4 Å². The number of guanidine groups is 1. The normalized spacial score (nSPS) is 12.2. The molecule has 0 aliphatic carbocycles. The van der Waals surface area contributed by atoms with E-state index in [-0.39, 0.29) is 12.0 Å². The SMILES string of the molecule is NCCNC[C@@H](N)CCCN=C(N)N[N+](=O)[O-].O=C(O)C(F)(F)F.O=C(O)C(F)(F)F.O=C(O)C(F)(F)F. The zero-order chi connectivity index (χ0) is 31.3. The summed E-state index contributed by atoms with van der Waals surface area (Å²) >= 11 is 0. The van der Waals surface area contributed by atoms with Gasteiger partial charge in [0.25, 0.3) is 5.96 Å². The zero-order valence-electron chi connectivity index (χ0n) is 18.7. The first-order valence-electron chi connectivity index (χ1n) is 9.17. The van der Waals surface area contributed by atoms with Gasteiger partial charge in [0.1, 0.15) is 0 Å². The van der Waals surface area contributed by atoms with Gasteiger partial charge in [0, 0.05) is 32.2 Å².